The summed E-state index contributed by atoms with van der Waals surface area (Å²) < 4.78 is 5.38. The number of hydrogen-bond acceptors (Lipinski definition) is 4. The highest BCUT2D eigenvalue weighted by Crippen LogP contribution is 2.24. The summed E-state index contributed by atoms with van der Waals surface area (Å²) >= 11 is 0. The number of rotatable bonds is 7. The molecule has 0 aliphatic rings. The molecule has 0 amide bonds. The van der Waals surface area contributed by atoms with Crippen LogP contribution in [0.5, 0.6) is 0 Å². The molecule has 1 aromatic rings. The summed E-state index contributed by atoms with van der Waals surface area (Å²) in [5.74, 6) is 0.413. The Labute approximate surface area is 110 Å². The molecule has 4 heteroatoms. The molecule has 1 heterocycles. The predicted molar refractivity (Wildman–Crippen MR) is 74.2 cm³/mol. The van der Waals surface area contributed by atoms with Crippen LogP contribution in [0.15, 0.2) is 24.4 Å². The molecule has 0 aliphatic carbocycles. The molecule has 0 saturated heterocycles. The van der Waals surface area contributed by atoms with E-state index in [4.69, 9.17) is 10.5 Å². The van der Waals surface area contributed by atoms with Crippen molar-refractivity contribution in [1.29, 1.82) is 0 Å². The number of likely N-dealkylation sites (N-methyl/N-ethyl adjacent to an activating group) is 1. The summed E-state index contributed by atoms with van der Waals surface area (Å²) in [6.45, 7) is 6.34. The van der Waals surface area contributed by atoms with Crippen LogP contribution in [0.25, 0.3) is 0 Å². The smallest absolute Gasteiger partial charge is 0.0661 e. The minimum absolute atomic E-state index is 0.147. The van der Waals surface area contributed by atoms with Gasteiger partial charge in [-0.05, 0) is 25.1 Å². The second kappa shape index (κ2) is 6.83. The maximum Gasteiger partial charge on any atom is 0.0661 e. The maximum atomic E-state index is 6.01. The van der Waals surface area contributed by atoms with Gasteiger partial charge in [-0.25, -0.2) is 0 Å². The van der Waals surface area contributed by atoms with Crippen LogP contribution < -0.4 is 5.73 Å². The Balaban J connectivity index is 2.85. The van der Waals surface area contributed by atoms with Crippen molar-refractivity contribution in [2.45, 2.75) is 25.9 Å². The lowest BCUT2D eigenvalue weighted by Gasteiger charge is -2.44. The summed E-state index contributed by atoms with van der Waals surface area (Å²) in [5.41, 5.74) is 6.91. The van der Waals surface area contributed by atoms with Crippen LogP contribution in [-0.2, 0) is 11.3 Å². The molecule has 1 atom stereocenters. The summed E-state index contributed by atoms with van der Waals surface area (Å²) in [6.07, 6.45) is 1.82. The van der Waals surface area contributed by atoms with Gasteiger partial charge in [-0.15, -0.1) is 0 Å². The molecule has 0 bridgehead atoms. The van der Waals surface area contributed by atoms with Crippen molar-refractivity contribution in [1.82, 2.24) is 9.88 Å². The Kier molecular flexibility index (Phi) is 5.72. The van der Waals surface area contributed by atoms with E-state index in [9.17, 15) is 0 Å². The van der Waals surface area contributed by atoms with Gasteiger partial charge in [0.15, 0.2) is 0 Å². The summed E-state index contributed by atoms with van der Waals surface area (Å²) in [5, 5.41) is 0. The highest BCUT2D eigenvalue weighted by atomic mass is 16.5. The Morgan fingerprint density at radius 3 is 2.61 bits per heavy atom. The SMILES string of the molecule is COCC(CN)(C(C)C)N(C)Cc1ccccn1. The first-order chi connectivity index (χ1) is 8.56. The zero-order chi connectivity index (χ0) is 13.6. The van der Waals surface area contributed by atoms with Gasteiger partial charge in [0.2, 0.25) is 0 Å². The molecule has 0 radical (unpaired) electrons. The normalized spacial score (nSPS) is 15.1. The molecular formula is C14H25N3O. The molecule has 1 rings (SSSR count). The molecule has 1 aromatic heterocycles. The van der Waals surface area contributed by atoms with Crippen LogP contribution in [0.1, 0.15) is 19.5 Å². The van der Waals surface area contributed by atoms with Crippen molar-refractivity contribution in [3.63, 3.8) is 0 Å². The molecule has 0 fully saturated rings. The zero-order valence-electron chi connectivity index (χ0n) is 11.9. The summed E-state index contributed by atoms with van der Waals surface area (Å²) in [6, 6.07) is 5.97. The second-order valence-corrected chi connectivity index (χ2v) is 5.07. The molecule has 0 spiro atoms. The Morgan fingerprint density at radius 2 is 2.17 bits per heavy atom. The lowest BCUT2D eigenvalue weighted by atomic mass is 9.85. The molecule has 102 valence electrons. The minimum Gasteiger partial charge on any atom is -0.383 e. The largest absolute Gasteiger partial charge is 0.383 e. The fourth-order valence-electron chi connectivity index (χ4n) is 2.31. The Bertz CT molecular complexity index is 342. The third-order valence-electron chi connectivity index (χ3n) is 3.71. The van der Waals surface area contributed by atoms with Gasteiger partial charge in [0.25, 0.3) is 0 Å². The number of pyridine rings is 1. The maximum absolute atomic E-state index is 6.01. The minimum atomic E-state index is -0.147. The van der Waals surface area contributed by atoms with Gasteiger partial charge in [0.05, 0.1) is 17.8 Å². The molecule has 18 heavy (non-hydrogen) atoms. The van der Waals surface area contributed by atoms with Crippen molar-refractivity contribution in [2.24, 2.45) is 11.7 Å². The van der Waals surface area contributed by atoms with E-state index in [0.717, 1.165) is 12.2 Å². The van der Waals surface area contributed by atoms with Crippen LogP contribution in [0, 0.1) is 5.92 Å². The van der Waals surface area contributed by atoms with E-state index in [1.165, 1.54) is 0 Å². The quantitative estimate of drug-likeness (QED) is 0.798. The molecule has 2 N–H and O–H groups in total. The van der Waals surface area contributed by atoms with Gasteiger partial charge in [0.1, 0.15) is 0 Å². The molecular weight excluding hydrogens is 226 g/mol. The van der Waals surface area contributed by atoms with Crippen molar-refractivity contribution < 1.29 is 4.74 Å². The van der Waals surface area contributed by atoms with E-state index in [-0.39, 0.29) is 5.54 Å². The third-order valence-corrected chi connectivity index (χ3v) is 3.71. The van der Waals surface area contributed by atoms with Crippen molar-refractivity contribution in [3.05, 3.63) is 30.1 Å². The number of nitrogens with two attached hydrogens (primary N) is 1. The van der Waals surface area contributed by atoms with Crippen LogP contribution in [0.4, 0.5) is 0 Å². The van der Waals surface area contributed by atoms with Gasteiger partial charge in [-0.2, -0.15) is 0 Å². The predicted octanol–water partition coefficient (Wildman–Crippen LogP) is 1.51. The van der Waals surface area contributed by atoms with Crippen LogP contribution >= 0.6 is 0 Å². The average molecular weight is 251 g/mol. The van der Waals surface area contributed by atoms with Crippen LogP contribution in [-0.4, -0.2) is 42.7 Å². The van der Waals surface area contributed by atoms with E-state index in [1.807, 2.05) is 24.4 Å². The van der Waals surface area contributed by atoms with E-state index in [2.05, 4.69) is 30.8 Å². The van der Waals surface area contributed by atoms with Crippen molar-refractivity contribution in [2.75, 3.05) is 27.3 Å². The molecule has 4 nitrogen and oxygen atoms in total. The number of aromatic nitrogens is 1. The first-order valence-corrected chi connectivity index (χ1v) is 6.37. The van der Waals surface area contributed by atoms with E-state index in [0.29, 0.717) is 19.1 Å². The van der Waals surface area contributed by atoms with Crippen molar-refractivity contribution in [3.8, 4) is 0 Å². The Morgan fingerprint density at radius 1 is 1.44 bits per heavy atom. The fourth-order valence-corrected chi connectivity index (χ4v) is 2.31. The van der Waals surface area contributed by atoms with Crippen molar-refractivity contribution >= 4 is 0 Å². The molecule has 0 aromatic carbocycles. The Hall–Kier alpha value is -0.970. The van der Waals surface area contributed by atoms with Gasteiger partial charge in [0, 0.05) is 26.4 Å². The highest BCUT2D eigenvalue weighted by molar-refractivity contribution is 5.05. The molecule has 0 aliphatic heterocycles. The van der Waals surface area contributed by atoms with E-state index < -0.39 is 0 Å². The lowest BCUT2D eigenvalue weighted by Crippen LogP contribution is -2.58. The first-order valence-electron chi connectivity index (χ1n) is 6.37. The van der Waals surface area contributed by atoms with Crippen LogP contribution in [0.2, 0.25) is 0 Å². The lowest BCUT2D eigenvalue weighted by molar-refractivity contribution is -0.00613. The number of nitrogens with zero attached hydrogens (tertiary/aromatic N) is 2. The van der Waals surface area contributed by atoms with Gasteiger partial charge in [-0.3, -0.25) is 9.88 Å². The molecule has 1 unspecified atom stereocenters. The third kappa shape index (κ3) is 3.28. The topological polar surface area (TPSA) is 51.4 Å². The zero-order valence-corrected chi connectivity index (χ0v) is 11.9. The standard InChI is InChI=1S/C14H25N3O/c1-12(2)14(10-15,11-18-4)17(3)9-13-7-5-6-8-16-13/h5-8,12H,9-11,15H2,1-4H3. The number of hydrogen-bond donors (Lipinski definition) is 1. The van der Waals surface area contributed by atoms with Gasteiger partial charge in [-0.1, -0.05) is 19.9 Å². The van der Waals surface area contributed by atoms with Crippen LogP contribution in [0.3, 0.4) is 0 Å². The number of ether oxygens (including phenoxy) is 1. The molecule has 0 saturated carbocycles. The number of methoxy groups -OCH3 is 1. The summed E-state index contributed by atoms with van der Waals surface area (Å²) in [4.78, 5) is 6.62. The summed E-state index contributed by atoms with van der Waals surface area (Å²) in [7, 11) is 3.81. The highest BCUT2D eigenvalue weighted by Gasteiger charge is 2.36. The monoisotopic (exact) mass is 251 g/mol. The van der Waals surface area contributed by atoms with Gasteiger partial charge < -0.3 is 10.5 Å². The average Bonchev–Trinajstić information content (AvgIpc) is 2.36. The second-order valence-electron chi connectivity index (χ2n) is 5.07. The van der Waals surface area contributed by atoms with E-state index in [1.54, 1.807) is 7.11 Å². The fraction of sp³-hybridized carbons (Fsp3) is 0.643. The van der Waals surface area contributed by atoms with Gasteiger partial charge >= 0.3 is 0 Å². The van der Waals surface area contributed by atoms with E-state index >= 15 is 0 Å². The first kappa shape index (κ1) is 15.1.